The number of pyridine rings is 1. The number of hydrogen-bond donors (Lipinski definition) is 3. The molecule has 8 heteroatoms. The molecule has 16 heavy (non-hydrogen) atoms. The summed E-state index contributed by atoms with van der Waals surface area (Å²) in [6.45, 7) is 0.611. The normalized spacial score (nSPS) is 9.81. The van der Waals surface area contributed by atoms with Crippen molar-refractivity contribution in [3.63, 3.8) is 0 Å². The fourth-order valence-electron chi connectivity index (χ4n) is 1.04. The second-order valence-electron chi connectivity index (χ2n) is 2.87. The highest BCUT2D eigenvalue weighted by Crippen LogP contribution is 2.22. The number of carboxylic acids is 1. The van der Waals surface area contributed by atoms with Crippen LogP contribution in [0.5, 0.6) is 0 Å². The molecule has 1 aromatic heterocycles. The van der Waals surface area contributed by atoms with Crippen molar-refractivity contribution in [3.05, 3.63) is 27.9 Å². The highest BCUT2D eigenvalue weighted by Gasteiger charge is 2.18. The van der Waals surface area contributed by atoms with Crippen molar-refractivity contribution in [2.75, 3.05) is 18.4 Å². The van der Waals surface area contributed by atoms with Crippen molar-refractivity contribution in [3.8, 4) is 0 Å². The maximum Gasteiger partial charge on any atom is 0.337 e. The molecule has 1 rings (SSSR count). The SMILES string of the molecule is NCCNc1ncc(C(=O)O)cc1[N+](=O)[O-]. The van der Waals surface area contributed by atoms with Crippen LogP contribution >= 0.6 is 0 Å². The maximum absolute atomic E-state index is 10.7. The zero-order valence-corrected chi connectivity index (χ0v) is 8.21. The summed E-state index contributed by atoms with van der Waals surface area (Å²) in [4.78, 5) is 24.2. The van der Waals surface area contributed by atoms with Crippen LogP contribution in [0.25, 0.3) is 0 Å². The number of nitrogens with one attached hydrogen (secondary N) is 1. The summed E-state index contributed by atoms with van der Waals surface area (Å²) >= 11 is 0. The topological polar surface area (TPSA) is 131 Å². The smallest absolute Gasteiger partial charge is 0.337 e. The fraction of sp³-hybridized carbons (Fsp3) is 0.250. The molecular formula is C8H10N4O4. The third kappa shape index (κ3) is 2.64. The van der Waals surface area contributed by atoms with Crippen molar-refractivity contribution in [2.45, 2.75) is 0 Å². The predicted octanol–water partition coefficient (Wildman–Crippen LogP) is 0.0586. The van der Waals surface area contributed by atoms with Gasteiger partial charge in [-0.15, -0.1) is 0 Å². The van der Waals surface area contributed by atoms with E-state index in [1.54, 1.807) is 0 Å². The molecule has 0 radical (unpaired) electrons. The van der Waals surface area contributed by atoms with Crippen LogP contribution in [-0.2, 0) is 0 Å². The zero-order valence-electron chi connectivity index (χ0n) is 8.21. The molecule has 0 aliphatic heterocycles. The third-order valence-corrected chi connectivity index (χ3v) is 1.75. The molecule has 1 aromatic rings. The number of aromatic carboxylic acids is 1. The summed E-state index contributed by atoms with van der Waals surface area (Å²) in [5, 5.41) is 22.0. The summed E-state index contributed by atoms with van der Waals surface area (Å²) in [7, 11) is 0. The Morgan fingerprint density at radius 3 is 2.88 bits per heavy atom. The lowest BCUT2D eigenvalue weighted by Gasteiger charge is -2.04. The van der Waals surface area contributed by atoms with Crippen LogP contribution in [0.15, 0.2) is 12.3 Å². The number of rotatable bonds is 5. The van der Waals surface area contributed by atoms with Gasteiger partial charge in [0.25, 0.3) is 0 Å². The minimum Gasteiger partial charge on any atom is -0.478 e. The molecule has 0 saturated heterocycles. The summed E-state index contributed by atoms with van der Waals surface area (Å²) < 4.78 is 0. The lowest BCUT2D eigenvalue weighted by atomic mass is 10.2. The molecule has 86 valence electrons. The lowest BCUT2D eigenvalue weighted by Crippen LogP contribution is -2.15. The number of aromatic nitrogens is 1. The molecule has 0 amide bonds. The second-order valence-corrected chi connectivity index (χ2v) is 2.87. The molecule has 8 nitrogen and oxygen atoms in total. The lowest BCUT2D eigenvalue weighted by molar-refractivity contribution is -0.384. The number of nitrogens with zero attached hydrogens (tertiary/aromatic N) is 2. The van der Waals surface area contributed by atoms with Crippen molar-refractivity contribution < 1.29 is 14.8 Å². The van der Waals surface area contributed by atoms with E-state index in [0.29, 0.717) is 13.1 Å². The van der Waals surface area contributed by atoms with E-state index < -0.39 is 10.9 Å². The van der Waals surface area contributed by atoms with E-state index in [1.165, 1.54) is 0 Å². The minimum atomic E-state index is -1.26. The van der Waals surface area contributed by atoms with Crippen LogP contribution in [0.4, 0.5) is 11.5 Å². The number of carbonyl (C=O) groups is 1. The highest BCUT2D eigenvalue weighted by atomic mass is 16.6. The van der Waals surface area contributed by atoms with E-state index in [2.05, 4.69) is 10.3 Å². The van der Waals surface area contributed by atoms with Gasteiger partial charge in [-0.3, -0.25) is 10.1 Å². The van der Waals surface area contributed by atoms with Gasteiger partial charge in [0.15, 0.2) is 0 Å². The van der Waals surface area contributed by atoms with Crippen LogP contribution in [0, 0.1) is 10.1 Å². The summed E-state index contributed by atoms with van der Waals surface area (Å²) in [6.07, 6.45) is 1.05. The molecule has 0 bridgehead atoms. The first-order valence-electron chi connectivity index (χ1n) is 4.38. The summed E-state index contributed by atoms with van der Waals surface area (Å²) in [5.74, 6) is -1.25. The van der Waals surface area contributed by atoms with Crippen molar-refractivity contribution >= 4 is 17.5 Å². The Balaban J connectivity index is 3.09. The van der Waals surface area contributed by atoms with Crippen molar-refractivity contribution in [1.29, 1.82) is 0 Å². The quantitative estimate of drug-likeness (QED) is 0.477. The maximum atomic E-state index is 10.7. The number of nitro groups is 1. The van der Waals surface area contributed by atoms with E-state index in [1.807, 2.05) is 0 Å². The summed E-state index contributed by atoms with van der Waals surface area (Å²) in [6, 6.07) is 0.953. The largest absolute Gasteiger partial charge is 0.478 e. The van der Waals surface area contributed by atoms with E-state index in [9.17, 15) is 14.9 Å². The molecule has 0 saturated carbocycles. The van der Waals surface area contributed by atoms with Gasteiger partial charge < -0.3 is 16.2 Å². The van der Waals surface area contributed by atoms with Gasteiger partial charge in [-0.2, -0.15) is 0 Å². The van der Waals surface area contributed by atoms with Crippen LogP contribution < -0.4 is 11.1 Å². The Labute approximate surface area is 90.2 Å². The van der Waals surface area contributed by atoms with Crippen LogP contribution in [0.3, 0.4) is 0 Å². The van der Waals surface area contributed by atoms with E-state index in [-0.39, 0.29) is 17.1 Å². The minimum absolute atomic E-state index is 0.0143. The Bertz CT molecular complexity index is 420. The first kappa shape index (κ1) is 11.9. The molecule has 0 atom stereocenters. The average molecular weight is 226 g/mol. The van der Waals surface area contributed by atoms with Crippen molar-refractivity contribution in [1.82, 2.24) is 4.98 Å². The molecule has 0 aliphatic rings. The fourth-order valence-corrected chi connectivity index (χ4v) is 1.04. The monoisotopic (exact) mass is 226 g/mol. The number of hydrogen-bond acceptors (Lipinski definition) is 6. The summed E-state index contributed by atoms with van der Waals surface area (Å²) in [5.41, 5.74) is 4.61. The van der Waals surface area contributed by atoms with Gasteiger partial charge in [0.05, 0.1) is 10.5 Å². The average Bonchev–Trinajstić information content (AvgIpc) is 2.25. The standard InChI is InChI=1S/C8H10N4O4/c9-1-2-10-7-6(12(15)16)3-5(4-11-7)8(13)14/h3-4H,1-2,9H2,(H,10,11)(H,13,14). The molecular weight excluding hydrogens is 216 g/mol. The predicted molar refractivity (Wildman–Crippen MR) is 55.4 cm³/mol. The zero-order chi connectivity index (χ0) is 12.1. The first-order chi connectivity index (χ1) is 7.56. The number of anilines is 1. The van der Waals surface area contributed by atoms with Gasteiger partial charge in [0, 0.05) is 25.4 Å². The van der Waals surface area contributed by atoms with Gasteiger partial charge in [0.2, 0.25) is 5.82 Å². The molecule has 4 N–H and O–H groups in total. The Kier molecular flexibility index (Phi) is 3.72. The van der Waals surface area contributed by atoms with E-state index in [4.69, 9.17) is 10.8 Å². The Morgan fingerprint density at radius 2 is 2.38 bits per heavy atom. The number of nitrogens with two attached hydrogens (primary N) is 1. The molecule has 1 heterocycles. The molecule has 0 fully saturated rings. The van der Waals surface area contributed by atoms with Gasteiger partial charge >= 0.3 is 11.7 Å². The number of carboxylic acid groups (broad SMARTS) is 1. The Hall–Kier alpha value is -2.22. The highest BCUT2D eigenvalue weighted by molar-refractivity contribution is 5.88. The van der Waals surface area contributed by atoms with Crippen LogP contribution in [0.1, 0.15) is 10.4 Å². The van der Waals surface area contributed by atoms with Crippen LogP contribution in [-0.4, -0.2) is 34.1 Å². The van der Waals surface area contributed by atoms with Gasteiger partial charge in [0.1, 0.15) is 0 Å². The second kappa shape index (κ2) is 5.03. The van der Waals surface area contributed by atoms with E-state index in [0.717, 1.165) is 12.3 Å². The van der Waals surface area contributed by atoms with Gasteiger partial charge in [-0.05, 0) is 0 Å². The molecule has 0 unspecified atom stereocenters. The molecule has 0 spiro atoms. The van der Waals surface area contributed by atoms with Gasteiger partial charge in [-0.25, -0.2) is 9.78 Å². The molecule has 0 aromatic carbocycles. The third-order valence-electron chi connectivity index (χ3n) is 1.75. The van der Waals surface area contributed by atoms with Crippen molar-refractivity contribution in [2.24, 2.45) is 5.73 Å². The Morgan fingerprint density at radius 1 is 1.69 bits per heavy atom. The van der Waals surface area contributed by atoms with Gasteiger partial charge in [-0.1, -0.05) is 0 Å². The van der Waals surface area contributed by atoms with E-state index >= 15 is 0 Å². The van der Waals surface area contributed by atoms with Crippen LogP contribution in [0.2, 0.25) is 0 Å². The first-order valence-corrected chi connectivity index (χ1v) is 4.38. The molecule has 0 aliphatic carbocycles.